The van der Waals surface area contributed by atoms with Crippen LogP contribution >= 0.6 is 0 Å². The average molecular weight is 476 g/mol. The number of amides is 1. The van der Waals surface area contributed by atoms with Gasteiger partial charge in [-0.15, -0.1) is 0 Å². The summed E-state index contributed by atoms with van der Waals surface area (Å²) < 4.78 is 6.85. The molecular weight excluding hydrogens is 446 g/mol. The smallest absolute Gasteiger partial charge is 0.255 e. The molecule has 1 saturated heterocycles. The van der Waals surface area contributed by atoms with Crippen molar-refractivity contribution < 1.29 is 14.6 Å². The number of fused-ring (bicyclic) bond motifs is 1. The van der Waals surface area contributed by atoms with Crippen LogP contribution in [0.4, 0.5) is 5.69 Å². The third kappa shape index (κ3) is 4.83. The van der Waals surface area contributed by atoms with E-state index in [1.807, 2.05) is 19.9 Å². The van der Waals surface area contributed by atoms with Crippen LogP contribution in [0.5, 0.6) is 0 Å². The largest absolute Gasteiger partial charge is 0.390 e. The summed E-state index contributed by atoms with van der Waals surface area (Å²) in [6.45, 7) is 4.87. The molecule has 10 nitrogen and oxygen atoms in total. The highest BCUT2D eigenvalue weighted by Crippen LogP contribution is 2.33. The van der Waals surface area contributed by atoms with Gasteiger partial charge in [0.1, 0.15) is 6.07 Å². The van der Waals surface area contributed by atoms with E-state index < -0.39 is 5.60 Å². The van der Waals surface area contributed by atoms with Crippen LogP contribution in [0.15, 0.2) is 30.9 Å². The van der Waals surface area contributed by atoms with E-state index in [0.717, 1.165) is 25.7 Å². The lowest BCUT2D eigenvalue weighted by atomic mass is 9.77. The number of carbonyl (C=O) groups is 1. The first-order chi connectivity index (χ1) is 16.8. The lowest BCUT2D eigenvalue weighted by Gasteiger charge is -2.36. The topological polar surface area (TPSA) is 137 Å². The van der Waals surface area contributed by atoms with Crippen LogP contribution < -0.4 is 10.6 Å². The summed E-state index contributed by atoms with van der Waals surface area (Å²) in [6, 6.07) is 4.09. The second-order valence-corrected chi connectivity index (χ2v) is 9.95. The van der Waals surface area contributed by atoms with Crippen molar-refractivity contribution in [3.8, 4) is 17.3 Å². The second kappa shape index (κ2) is 9.24. The predicted octanol–water partition coefficient (Wildman–Crippen LogP) is 2.53. The number of hydrogen-bond acceptors (Lipinski definition) is 8. The number of nitrogens with zero attached hydrogens (tertiary/aromatic N) is 5. The van der Waals surface area contributed by atoms with Gasteiger partial charge in [-0.3, -0.25) is 9.78 Å². The van der Waals surface area contributed by atoms with E-state index in [-0.39, 0.29) is 23.9 Å². The number of nitrogens with one attached hydrogen (secondary N) is 2. The number of pyridine rings is 1. The Balaban J connectivity index is 1.38. The quantitative estimate of drug-likeness (QED) is 0.495. The molecular formula is C25H29N7O3. The Labute approximate surface area is 203 Å². The molecule has 2 fully saturated rings. The number of aliphatic hydroxyl groups is 1. The molecule has 0 radical (unpaired) electrons. The number of anilines is 1. The molecule has 10 heteroatoms. The van der Waals surface area contributed by atoms with Gasteiger partial charge in [-0.25, -0.2) is 9.50 Å². The Morgan fingerprint density at radius 3 is 2.60 bits per heavy atom. The molecule has 3 N–H and O–H groups in total. The van der Waals surface area contributed by atoms with Crippen LogP contribution in [0.1, 0.15) is 55.5 Å². The molecule has 2 aliphatic rings. The first-order valence-corrected chi connectivity index (χ1v) is 11.9. The number of rotatable bonds is 6. The van der Waals surface area contributed by atoms with E-state index in [2.05, 4.69) is 31.8 Å². The third-order valence-electron chi connectivity index (χ3n) is 6.97. The lowest BCUT2D eigenvalue weighted by Crippen LogP contribution is -2.43. The lowest BCUT2D eigenvalue weighted by molar-refractivity contribution is -0.00257. The van der Waals surface area contributed by atoms with E-state index in [9.17, 15) is 9.90 Å². The Morgan fingerprint density at radius 1 is 1.17 bits per heavy atom. The molecule has 3 aromatic rings. The second-order valence-electron chi connectivity index (χ2n) is 9.95. The van der Waals surface area contributed by atoms with E-state index in [1.54, 1.807) is 23.1 Å². The first-order valence-electron chi connectivity index (χ1n) is 11.9. The zero-order chi connectivity index (χ0) is 24.6. The summed E-state index contributed by atoms with van der Waals surface area (Å²) >= 11 is 0. The Bertz CT molecular complexity index is 1280. The van der Waals surface area contributed by atoms with Crippen LogP contribution in [0.3, 0.4) is 0 Å². The van der Waals surface area contributed by atoms with Gasteiger partial charge in [0.2, 0.25) is 0 Å². The summed E-state index contributed by atoms with van der Waals surface area (Å²) in [5.74, 6) is 0.0753. The van der Waals surface area contributed by atoms with Crippen molar-refractivity contribution in [1.29, 1.82) is 5.26 Å². The van der Waals surface area contributed by atoms with E-state index >= 15 is 0 Å². The fourth-order valence-electron chi connectivity index (χ4n) is 4.76. The van der Waals surface area contributed by atoms with Crippen molar-refractivity contribution in [2.45, 2.75) is 57.2 Å². The normalized spacial score (nSPS) is 20.7. The Kier molecular flexibility index (Phi) is 6.13. The van der Waals surface area contributed by atoms with E-state index in [4.69, 9.17) is 10.00 Å². The van der Waals surface area contributed by atoms with E-state index in [0.29, 0.717) is 46.9 Å². The molecule has 35 heavy (non-hydrogen) atoms. The van der Waals surface area contributed by atoms with Crippen molar-refractivity contribution in [2.24, 2.45) is 5.92 Å². The SMILES string of the molecule is CC(C)(O)[C@H]1CC[C@H](NC(=O)c2cnc(-c3cnn4cc(C#N)cnc34)cc2NC2COC2)CC1. The molecule has 0 unspecified atom stereocenters. The number of hydrogen-bond donors (Lipinski definition) is 3. The molecule has 1 aliphatic carbocycles. The highest BCUT2D eigenvalue weighted by atomic mass is 16.5. The van der Waals surface area contributed by atoms with Gasteiger partial charge in [0.15, 0.2) is 5.65 Å². The number of ether oxygens (including phenoxy) is 1. The monoisotopic (exact) mass is 475 g/mol. The maximum Gasteiger partial charge on any atom is 0.255 e. The number of nitriles is 1. The highest BCUT2D eigenvalue weighted by Gasteiger charge is 2.32. The van der Waals surface area contributed by atoms with Gasteiger partial charge in [0.25, 0.3) is 5.91 Å². The van der Waals surface area contributed by atoms with Gasteiger partial charge in [-0.05, 0) is 51.5 Å². The molecule has 0 bridgehead atoms. The number of aromatic nitrogens is 4. The zero-order valence-electron chi connectivity index (χ0n) is 19.9. The summed E-state index contributed by atoms with van der Waals surface area (Å²) in [5.41, 5.74) is 2.79. The fourth-order valence-corrected chi connectivity index (χ4v) is 4.76. The molecule has 182 valence electrons. The Hall–Kier alpha value is -3.55. The maximum atomic E-state index is 13.2. The summed E-state index contributed by atoms with van der Waals surface area (Å²) in [4.78, 5) is 22.2. The van der Waals surface area contributed by atoms with Crippen molar-refractivity contribution in [2.75, 3.05) is 18.5 Å². The highest BCUT2D eigenvalue weighted by molar-refractivity contribution is 6.00. The van der Waals surface area contributed by atoms with E-state index in [1.165, 1.54) is 6.20 Å². The van der Waals surface area contributed by atoms with Crippen LogP contribution in [0.25, 0.3) is 16.9 Å². The molecule has 1 aliphatic heterocycles. The molecule has 0 aromatic carbocycles. The minimum atomic E-state index is -0.695. The van der Waals surface area contributed by atoms with Gasteiger partial charge in [-0.1, -0.05) is 0 Å². The zero-order valence-corrected chi connectivity index (χ0v) is 19.9. The van der Waals surface area contributed by atoms with Crippen molar-refractivity contribution in [3.05, 3.63) is 42.0 Å². The molecule has 0 spiro atoms. The fraction of sp³-hybridized carbons (Fsp3) is 0.480. The van der Waals surface area contributed by atoms with Gasteiger partial charge in [0, 0.05) is 18.4 Å². The van der Waals surface area contributed by atoms with Gasteiger partial charge in [0.05, 0.1) is 65.3 Å². The van der Waals surface area contributed by atoms with Gasteiger partial charge < -0.3 is 20.5 Å². The average Bonchev–Trinajstić information content (AvgIpc) is 3.24. The predicted molar refractivity (Wildman–Crippen MR) is 129 cm³/mol. The van der Waals surface area contributed by atoms with Crippen LogP contribution in [-0.4, -0.2) is 61.5 Å². The van der Waals surface area contributed by atoms with Gasteiger partial charge in [-0.2, -0.15) is 10.4 Å². The standard InChI is InChI=1S/C25H29N7O3/c1-25(2,34)16-3-5-17(6-4-16)31-24(33)20-10-27-21(7-22(20)30-18-13-35-14-18)19-11-29-32-12-15(8-26)9-28-23(19)32/h7,9-12,16-18,34H,3-6,13-14H2,1-2H3,(H,27,30)(H,31,33)/t16-,17-. The van der Waals surface area contributed by atoms with Crippen LogP contribution in [-0.2, 0) is 4.74 Å². The van der Waals surface area contributed by atoms with Crippen molar-refractivity contribution >= 4 is 17.2 Å². The molecule has 1 saturated carbocycles. The summed E-state index contributed by atoms with van der Waals surface area (Å²) in [7, 11) is 0. The van der Waals surface area contributed by atoms with Crippen molar-refractivity contribution in [3.63, 3.8) is 0 Å². The molecule has 0 atom stereocenters. The molecule has 1 amide bonds. The molecule has 4 heterocycles. The van der Waals surface area contributed by atoms with Crippen molar-refractivity contribution in [1.82, 2.24) is 24.9 Å². The third-order valence-corrected chi connectivity index (χ3v) is 6.97. The Morgan fingerprint density at radius 2 is 1.94 bits per heavy atom. The summed E-state index contributed by atoms with van der Waals surface area (Å²) in [6.07, 6.45) is 9.79. The minimum Gasteiger partial charge on any atom is -0.390 e. The minimum absolute atomic E-state index is 0.0683. The summed E-state index contributed by atoms with van der Waals surface area (Å²) in [5, 5.41) is 30.3. The molecule has 3 aromatic heterocycles. The van der Waals surface area contributed by atoms with Crippen LogP contribution in [0, 0.1) is 17.2 Å². The number of carbonyl (C=O) groups excluding carboxylic acids is 1. The first kappa shape index (κ1) is 23.2. The maximum absolute atomic E-state index is 13.2. The van der Waals surface area contributed by atoms with Crippen LogP contribution in [0.2, 0.25) is 0 Å². The molecule has 5 rings (SSSR count). The van der Waals surface area contributed by atoms with Gasteiger partial charge >= 0.3 is 0 Å².